The SMILES string of the molecule is Oc1ccc(Cl)cc1CNc1cccc2cc(Br)cnc12. The van der Waals surface area contributed by atoms with Crippen LogP contribution >= 0.6 is 27.5 Å². The van der Waals surface area contributed by atoms with Gasteiger partial charge in [-0.3, -0.25) is 4.98 Å². The van der Waals surface area contributed by atoms with Gasteiger partial charge in [-0.05, 0) is 46.3 Å². The van der Waals surface area contributed by atoms with Crippen LogP contribution < -0.4 is 5.32 Å². The summed E-state index contributed by atoms with van der Waals surface area (Å²) in [5.41, 5.74) is 2.55. The lowest BCUT2D eigenvalue weighted by atomic mass is 10.1. The molecule has 0 spiro atoms. The van der Waals surface area contributed by atoms with Gasteiger partial charge in [-0.25, -0.2) is 0 Å². The molecule has 0 aliphatic heterocycles. The zero-order valence-corrected chi connectivity index (χ0v) is 13.3. The first-order valence-corrected chi connectivity index (χ1v) is 7.56. The molecule has 0 saturated carbocycles. The van der Waals surface area contributed by atoms with Crippen LogP contribution in [0.1, 0.15) is 5.56 Å². The maximum Gasteiger partial charge on any atom is 0.120 e. The molecule has 0 aliphatic rings. The number of benzene rings is 2. The zero-order valence-electron chi connectivity index (χ0n) is 11.0. The summed E-state index contributed by atoms with van der Waals surface area (Å²) in [6, 6.07) is 13.0. The molecule has 106 valence electrons. The molecule has 5 heteroatoms. The number of rotatable bonds is 3. The minimum absolute atomic E-state index is 0.225. The van der Waals surface area contributed by atoms with Crippen molar-refractivity contribution in [3.05, 3.63) is 63.7 Å². The average molecular weight is 364 g/mol. The van der Waals surface area contributed by atoms with Gasteiger partial charge < -0.3 is 10.4 Å². The molecular formula is C16H12BrClN2O. The van der Waals surface area contributed by atoms with Gasteiger partial charge in [0.1, 0.15) is 5.75 Å². The number of phenolic OH excluding ortho intramolecular Hbond substituents is 1. The number of phenols is 1. The smallest absolute Gasteiger partial charge is 0.120 e. The second-order valence-electron chi connectivity index (χ2n) is 4.66. The molecule has 3 nitrogen and oxygen atoms in total. The Balaban J connectivity index is 1.90. The van der Waals surface area contributed by atoms with Crippen molar-refractivity contribution in [1.82, 2.24) is 4.98 Å². The van der Waals surface area contributed by atoms with Crippen molar-refractivity contribution in [2.45, 2.75) is 6.54 Å². The molecule has 2 N–H and O–H groups in total. The van der Waals surface area contributed by atoms with E-state index >= 15 is 0 Å². The summed E-state index contributed by atoms with van der Waals surface area (Å²) in [5, 5.41) is 14.8. The largest absolute Gasteiger partial charge is 0.508 e. The number of nitrogens with one attached hydrogen (secondary N) is 1. The van der Waals surface area contributed by atoms with Crippen LogP contribution in [0.3, 0.4) is 0 Å². The fraction of sp³-hybridized carbons (Fsp3) is 0.0625. The highest BCUT2D eigenvalue weighted by Gasteiger charge is 2.05. The Hall–Kier alpha value is -1.78. The van der Waals surface area contributed by atoms with E-state index in [1.54, 1.807) is 24.4 Å². The first kappa shape index (κ1) is 14.2. The topological polar surface area (TPSA) is 45.1 Å². The molecule has 0 atom stereocenters. The molecule has 0 unspecified atom stereocenters. The van der Waals surface area contributed by atoms with Crippen molar-refractivity contribution in [2.75, 3.05) is 5.32 Å². The minimum atomic E-state index is 0.225. The van der Waals surface area contributed by atoms with Crippen LogP contribution in [0.15, 0.2) is 53.1 Å². The zero-order chi connectivity index (χ0) is 14.8. The third-order valence-electron chi connectivity index (χ3n) is 3.19. The van der Waals surface area contributed by atoms with Gasteiger partial charge in [0.15, 0.2) is 0 Å². The first-order chi connectivity index (χ1) is 10.1. The molecule has 0 fully saturated rings. The number of fused-ring (bicyclic) bond motifs is 1. The summed E-state index contributed by atoms with van der Waals surface area (Å²) < 4.78 is 0.944. The summed E-state index contributed by atoms with van der Waals surface area (Å²) in [4.78, 5) is 4.44. The predicted octanol–water partition coefficient (Wildman–Crippen LogP) is 4.97. The van der Waals surface area contributed by atoms with Crippen LogP contribution in [-0.4, -0.2) is 10.1 Å². The van der Waals surface area contributed by atoms with Crippen LogP contribution in [-0.2, 0) is 6.54 Å². The molecule has 3 rings (SSSR count). The molecule has 0 radical (unpaired) electrons. The summed E-state index contributed by atoms with van der Waals surface area (Å²) in [6.45, 7) is 0.475. The quantitative estimate of drug-likeness (QED) is 0.690. The Morgan fingerprint density at radius 3 is 2.90 bits per heavy atom. The maximum atomic E-state index is 9.84. The number of nitrogens with zero attached hydrogens (tertiary/aromatic N) is 1. The molecule has 0 saturated heterocycles. The Morgan fingerprint density at radius 1 is 1.19 bits per heavy atom. The molecule has 1 aromatic heterocycles. The summed E-state index contributed by atoms with van der Waals surface area (Å²) in [6.07, 6.45) is 1.77. The van der Waals surface area contributed by atoms with E-state index in [1.807, 2.05) is 24.3 Å². The van der Waals surface area contributed by atoms with E-state index in [9.17, 15) is 5.11 Å². The van der Waals surface area contributed by atoms with Crippen molar-refractivity contribution in [1.29, 1.82) is 0 Å². The van der Waals surface area contributed by atoms with Gasteiger partial charge in [-0.15, -0.1) is 0 Å². The van der Waals surface area contributed by atoms with Gasteiger partial charge in [-0.1, -0.05) is 23.7 Å². The second-order valence-corrected chi connectivity index (χ2v) is 6.01. The van der Waals surface area contributed by atoms with Crippen molar-refractivity contribution in [3.8, 4) is 5.75 Å². The van der Waals surface area contributed by atoms with Crippen molar-refractivity contribution in [3.63, 3.8) is 0 Å². The molecule has 2 aromatic carbocycles. The number of pyridine rings is 1. The lowest BCUT2D eigenvalue weighted by molar-refractivity contribution is 0.469. The third-order valence-corrected chi connectivity index (χ3v) is 3.86. The van der Waals surface area contributed by atoms with E-state index in [0.717, 1.165) is 26.6 Å². The van der Waals surface area contributed by atoms with E-state index in [1.165, 1.54) is 0 Å². The van der Waals surface area contributed by atoms with E-state index in [4.69, 9.17) is 11.6 Å². The number of aromatic nitrogens is 1. The fourth-order valence-corrected chi connectivity index (χ4v) is 2.71. The highest BCUT2D eigenvalue weighted by atomic mass is 79.9. The van der Waals surface area contributed by atoms with Crippen molar-refractivity contribution in [2.24, 2.45) is 0 Å². The number of hydrogen-bond donors (Lipinski definition) is 2. The molecular weight excluding hydrogens is 352 g/mol. The van der Waals surface area contributed by atoms with Crippen LogP contribution in [0.5, 0.6) is 5.75 Å². The lowest BCUT2D eigenvalue weighted by Crippen LogP contribution is -2.01. The van der Waals surface area contributed by atoms with Gasteiger partial charge >= 0.3 is 0 Å². The number of para-hydroxylation sites is 1. The van der Waals surface area contributed by atoms with E-state index in [-0.39, 0.29) is 5.75 Å². The van der Waals surface area contributed by atoms with Gasteiger partial charge in [-0.2, -0.15) is 0 Å². The summed E-state index contributed by atoms with van der Waals surface area (Å²) in [5.74, 6) is 0.225. The first-order valence-electron chi connectivity index (χ1n) is 6.39. The van der Waals surface area contributed by atoms with Crippen molar-refractivity contribution >= 4 is 44.1 Å². The second kappa shape index (κ2) is 5.92. The molecule has 21 heavy (non-hydrogen) atoms. The summed E-state index contributed by atoms with van der Waals surface area (Å²) in [7, 11) is 0. The molecule has 0 bridgehead atoms. The predicted molar refractivity (Wildman–Crippen MR) is 89.9 cm³/mol. The average Bonchev–Trinajstić information content (AvgIpc) is 2.47. The molecule has 1 heterocycles. The Morgan fingerprint density at radius 2 is 2.05 bits per heavy atom. The Labute approximate surface area is 135 Å². The van der Waals surface area contributed by atoms with Crippen molar-refractivity contribution < 1.29 is 5.11 Å². The standard InChI is InChI=1S/C16H12BrClN2O/c17-12-6-10-2-1-3-14(16(10)20-9-12)19-8-11-7-13(18)4-5-15(11)21/h1-7,9,19,21H,8H2. The number of halogens is 2. The summed E-state index contributed by atoms with van der Waals surface area (Å²) >= 11 is 9.37. The van der Waals surface area contributed by atoms with Crippen LogP contribution in [0, 0.1) is 0 Å². The molecule has 3 aromatic rings. The minimum Gasteiger partial charge on any atom is -0.508 e. The highest BCUT2D eigenvalue weighted by molar-refractivity contribution is 9.10. The fourth-order valence-electron chi connectivity index (χ4n) is 2.16. The molecule has 0 aliphatic carbocycles. The van der Waals surface area contributed by atoms with Gasteiger partial charge in [0.2, 0.25) is 0 Å². The van der Waals surface area contributed by atoms with Crippen LogP contribution in [0.25, 0.3) is 10.9 Å². The normalized spacial score (nSPS) is 10.8. The molecule has 0 amide bonds. The lowest BCUT2D eigenvalue weighted by Gasteiger charge is -2.11. The van der Waals surface area contributed by atoms with Gasteiger partial charge in [0.25, 0.3) is 0 Å². The van der Waals surface area contributed by atoms with E-state index in [0.29, 0.717) is 11.6 Å². The van der Waals surface area contributed by atoms with E-state index in [2.05, 4.69) is 26.2 Å². The number of anilines is 1. The van der Waals surface area contributed by atoms with Crippen LogP contribution in [0.4, 0.5) is 5.69 Å². The maximum absolute atomic E-state index is 9.84. The number of hydrogen-bond acceptors (Lipinski definition) is 3. The Kier molecular flexibility index (Phi) is 3.99. The Bertz CT molecular complexity index is 807. The highest BCUT2D eigenvalue weighted by Crippen LogP contribution is 2.26. The van der Waals surface area contributed by atoms with Crippen LogP contribution in [0.2, 0.25) is 5.02 Å². The van der Waals surface area contributed by atoms with Gasteiger partial charge in [0.05, 0.1) is 11.2 Å². The van der Waals surface area contributed by atoms with Gasteiger partial charge in [0, 0.05) is 33.2 Å². The third kappa shape index (κ3) is 3.12. The number of aromatic hydroxyl groups is 1. The monoisotopic (exact) mass is 362 g/mol. The van der Waals surface area contributed by atoms with E-state index < -0.39 is 0 Å².